The van der Waals surface area contributed by atoms with Crippen LogP contribution in [-0.4, -0.2) is 96.6 Å². The van der Waals surface area contributed by atoms with Crippen molar-refractivity contribution in [3.05, 3.63) is 29.3 Å². The van der Waals surface area contributed by atoms with Crippen molar-refractivity contribution in [1.29, 1.82) is 0 Å². The van der Waals surface area contributed by atoms with Crippen LogP contribution in [-0.2, 0) is 47.6 Å². The lowest BCUT2D eigenvalue weighted by Crippen LogP contribution is -2.69. The van der Waals surface area contributed by atoms with E-state index in [0.717, 1.165) is 44.0 Å². The van der Waals surface area contributed by atoms with Gasteiger partial charge in [-0.1, -0.05) is 16.7 Å². The van der Waals surface area contributed by atoms with Gasteiger partial charge in [-0.25, -0.2) is 9.59 Å². The third-order valence-corrected chi connectivity index (χ3v) is 5.59. The van der Waals surface area contributed by atoms with E-state index in [-0.39, 0.29) is 18.9 Å². The summed E-state index contributed by atoms with van der Waals surface area (Å²) in [4.78, 5) is 75.1. The topological polar surface area (TPSA) is 180 Å². The summed E-state index contributed by atoms with van der Waals surface area (Å²) >= 11 is 6.02. The van der Waals surface area contributed by atoms with E-state index in [0.29, 0.717) is 10.1 Å². The van der Waals surface area contributed by atoms with Crippen LogP contribution < -0.4 is 5.12 Å². The molecule has 0 saturated heterocycles. The minimum Gasteiger partial charge on any atom is -0.462 e. The summed E-state index contributed by atoms with van der Waals surface area (Å²) in [5.74, 6) is -3.46. The fourth-order valence-electron chi connectivity index (χ4n) is 3.85. The largest absolute Gasteiger partial charge is 0.462 e. The third-order valence-electron chi connectivity index (χ3n) is 5.34. The zero-order valence-corrected chi connectivity index (χ0v) is 25.1. The van der Waals surface area contributed by atoms with Crippen LogP contribution in [0.25, 0.3) is 0 Å². The number of hydrogen-bond donors (Lipinski definition) is 0. The van der Waals surface area contributed by atoms with Crippen molar-refractivity contribution in [1.82, 2.24) is 10.1 Å². The number of amides is 2. The van der Waals surface area contributed by atoms with Gasteiger partial charge in [0.1, 0.15) is 12.6 Å². The van der Waals surface area contributed by atoms with Crippen molar-refractivity contribution >= 4 is 59.6 Å². The number of ether oxygens (including phenoxy) is 6. The Bertz CT molecular complexity index is 1210. The summed E-state index contributed by atoms with van der Waals surface area (Å²) in [6, 6.07) is 4.45. The number of hydrogen-bond acceptors (Lipinski definition) is 14. The molecule has 0 bridgehead atoms. The number of nitrogens with zero attached hydrogens (tertiary/aromatic N) is 4. The lowest BCUT2D eigenvalue weighted by molar-refractivity contribution is -0.195. The fourth-order valence-corrected chi connectivity index (χ4v) is 3.97. The number of rotatable bonds is 11. The Balaban J connectivity index is 2.82. The quantitative estimate of drug-likeness (QED) is 0.258. The van der Waals surface area contributed by atoms with Gasteiger partial charge in [0, 0.05) is 32.7 Å². The summed E-state index contributed by atoms with van der Waals surface area (Å²) in [5, 5.41) is 7.07. The van der Waals surface area contributed by atoms with Gasteiger partial charge in [-0.05, 0) is 38.1 Å². The number of halogens is 1. The summed E-state index contributed by atoms with van der Waals surface area (Å²) in [6.07, 6.45) is -6.09. The Morgan fingerprint density at radius 1 is 0.791 bits per heavy atom. The van der Waals surface area contributed by atoms with Gasteiger partial charge < -0.3 is 28.4 Å². The highest BCUT2D eigenvalue weighted by atomic mass is 35.5. The zero-order chi connectivity index (χ0) is 32.3. The number of carbonyl (C=O) groups is 6. The monoisotopic (exact) mass is 628 g/mol. The maximum atomic E-state index is 13.5. The molecule has 17 heteroatoms. The second-order valence-electron chi connectivity index (χ2n) is 8.65. The number of anilines is 1. The van der Waals surface area contributed by atoms with Gasteiger partial charge in [0.2, 0.25) is 0 Å². The first-order valence-corrected chi connectivity index (χ1v) is 13.4. The maximum absolute atomic E-state index is 13.5. The van der Waals surface area contributed by atoms with Crippen LogP contribution in [0.1, 0.15) is 41.5 Å². The molecule has 0 N–H and O–H groups in total. The predicted octanol–water partition coefficient (Wildman–Crippen LogP) is 2.62. The number of carbonyl (C=O) groups excluding carboxylic acids is 6. The molecule has 2 amide bonds. The van der Waals surface area contributed by atoms with Gasteiger partial charge in [0.15, 0.2) is 18.3 Å². The second kappa shape index (κ2) is 16.1. The highest BCUT2D eigenvalue weighted by Crippen LogP contribution is 2.30. The molecular weight excluding hydrogens is 596 g/mol. The molecule has 1 aliphatic rings. The minimum atomic E-state index is -1.72. The standard InChI is InChI=1S/C26H33ClN4O12/c1-7-38-25(36)29-21(13-28-30(31(29)26(37)39-8-2)20-11-9-19(27)10-12-20)23(42-17(5)34)24(43-18(6)35)22(41-16(4)33)14-40-15(3)32/h9-13,21-24H,7-8,14H2,1-6H3/t21-,22+,23+,24+/m0/s1. The zero-order valence-electron chi connectivity index (χ0n) is 24.4. The summed E-state index contributed by atoms with van der Waals surface area (Å²) in [5.41, 5.74) is 0.245. The Labute approximate surface area is 252 Å². The molecule has 0 unspecified atom stereocenters. The number of esters is 4. The molecule has 236 valence electrons. The van der Waals surface area contributed by atoms with E-state index in [9.17, 15) is 28.8 Å². The first kappa shape index (κ1) is 34.6. The van der Waals surface area contributed by atoms with Gasteiger partial charge in [0.25, 0.3) is 0 Å². The van der Waals surface area contributed by atoms with E-state index < -0.39 is 67.0 Å². The van der Waals surface area contributed by atoms with Gasteiger partial charge in [0.05, 0.1) is 25.1 Å². The molecule has 0 aromatic heterocycles. The molecule has 4 atom stereocenters. The second-order valence-corrected chi connectivity index (χ2v) is 9.09. The van der Waals surface area contributed by atoms with Crippen molar-refractivity contribution in [3.63, 3.8) is 0 Å². The molecule has 0 radical (unpaired) electrons. The number of hydrazone groups is 1. The van der Waals surface area contributed by atoms with Gasteiger partial charge in [-0.2, -0.15) is 10.1 Å². The van der Waals surface area contributed by atoms with Crippen molar-refractivity contribution < 1.29 is 57.2 Å². The van der Waals surface area contributed by atoms with E-state index in [4.69, 9.17) is 40.0 Å². The predicted molar refractivity (Wildman–Crippen MR) is 147 cm³/mol. The molecule has 0 saturated carbocycles. The van der Waals surface area contributed by atoms with Crippen LogP contribution in [0.3, 0.4) is 0 Å². The molecular formula is C26H33ClN4O12. The van der Waals surface area contributed by atoms with E-state index in [2.05, 4.69) is 5.10 Å². The fraction of sp³-hybridized carbons (Fsp3) is 0.500. The molecule has 1 aromatic carbocycles. The van der Waals surface area contributed by atoms with Crippen molar-refractivity contribution in [2.45, 2.75) is 65.9 Å². The molecule has 0 aliphatic carbocycles. The van der Waals surface area contributed by atoms with Crippen LogP contribution in [0.2, 0.25) is 5.02 Å². The van der Waals surface area contributed by atoms with Crippen molar-refractivity contribution in [2.24, 2.45) is 5.10 Å². The van der Waals surface area contributed by atoms with Gasteiger partial charge in [-0.15, -0.1) is 5.12 Å². The molecule has 1 aromatic rings. The molecule has 16 nitrogen and oxygen atoms in total. The minimum absolute atomic E-state index is 0.116. The molecule has 0 fully saturated rings. The smallest absolute Gasteiger partial charge is 0.450 e. The Kier molecular flexibility index (Phi) is 13.0. The first-order chi connectivity index (χ1) is 20.3. The average Bonchev–Trinajstić information content (AvgIpc) is 2.92. The van der Waals surface area contributed by atoms with Crippen molar-refractivity contribution in [3.8, 4) is 0 Å². The SMILES string of the molecule is CCOC(=O)N1[C@H]([C@@H](OC(C)=O)[C@H](OC(C)=O)[C@@H](COC(C)=O)OC(C)=O)C=NN(c2ccc(Cl)cc2)N1C(=O)OCC. The Morgan fingerprint density at radius 3 is 1.86 bits per heavy atom. The van der Waals surface area contributed by atoms with Crippen LogP contribution in [0, 0.1) is 0 Å². The molecule has 1 aliphatic heterocycles. The Hall–Kier alpha value is -4.60. The number of benzene rings is 1. The van der Waals surface area contributed by atoms with Crippen LogP contribution in [0.15, 0.2) is 29.4 Å². The first-order valence-electron chi connectivity index (χ1n) is 13.0. The van der Waals surface area contributed by atoms with E-state index >= 15 is 0 Å². The summed E-state index contributed by atoms with van der Waals surface area (Å²) in [7, 11) is 0. The molecule has 1 heterocycles. The molecule has 43 heavy (non-hydrogen) atoms. The summed E-state index contributed by atoms with van der Waals surface area (Å²) in [6.45, 7) is 6.34. The lowest BCUT2D eigenvalue weighted by atomic mass is 10.00. The average molecular weight is 629 g/mol. The Morgan fingerprint density at radius 2 is 1.35 bits per heavy atom. The van der Waals surface area contributed by atoms with Crippen molar-refractivity contribution in [2.75, 3.05) is 24.9 Å². The van der Waals surface area contributed by atoms with E-state index in [1.54, 1.807) is 0 Å². The van der Waals surface area contributed by atoms with Crippen LogP contribution in [0.5, 0.6) is 0 Å². The van der Waals surface area contributed by atoms with Crippen LogP contribution in [0.4, 0.5) is 15.3 Å². The highest BCUT2D eigenvalue weighted by molar-refractivity contribution is 6.30. The van der Waals surface area contributed by atoms with Gasteiger partial charge in [-0.3, -0.25) is 19.2 Å². The van der Waals surface area contributed by atoms with Gasteiger partial charge >= 0.3 is 36.1 Å². The number of hydrazine groups is 2. The lowest BCUT2D eigenvalue weighted by Gasteiger charge is -2.46. The maximum Gasteiger partial charge on any atom is 0.450 e. The third kappa shape index (κ3) is 9.73. The molecule has 2 rings (SSSR count). The van der Waals surface area contributed by atoms with E-state index in [1.807, 2.05) is 0 Å². The van der Waals surface area contributed by atoms with E-state index in [1.165, 1.54) is 38.1 Å². The highest BCUT2D eigenvalue weighted by Gasteiger charge is 2.51. The van der Waals surface area contributed by atoms with Crippen LogP contribution >= 0.6 is 11.6 Å². The molecule has 0 spiro atoms. The normalized spacial score (nSPS) is 16.3. The summed E-state index contributed by atoms with van der Waals surface area (Å²) < 4.78 is 31.7.